The van der Waals surface area contributed by atoms with Crippen molar-refractivity contribution in [1.29, 1.82) is 5.26 Å². The average molecular weight is 239 g/mol. The summed E-state index contributed by atoms with van der Waals surface area (Å²) in [6.45, 7) is 10.1. The Hall–Kier alpha value is -1.28. The molecular weight excluding hydrogens is 218 g/mol. The number of amides is 1. The zero-order chi connectivity index (χ0) is 13.1. The van der Waals surface area contributed by atoms with Crippen LogP contribution in [0.4, 0.5) is 4.79 Å². The summed E-state index contributed by atoms with van der Waals surface area (Å²) in [5, 5.41) is 8.64. The molecule has 0 saturated carbocycles. The molecule has 0 aliphatic carbocycles. The van der Waals surface area contributed by atoms with E-state index in [0.29, 0.717) is 13.1 Å². The highest BCUT2D eigenvalue weighted by Crippen LogP contribution is 2.15. The van der Waals surface area contributed by atoms with Gasteiger partial charge in [0.1, 0.15) is 5.60 Å². The number of ether oxygens (including phenoxy) is 1. The largest absolute Gasteiger partial charge is 0.444 e. The first-order valence-corrected chi connectivity index (χ1v) is 5.92. The van der Waals surface area contributed by atoms with Crippen LogP contribution in [0.1, 0.15) is 27.7 Å². The van der Waals surface area contributed by atoms with E-state index >= 15 is 0 Å². The van der Waals surface area contributed by atoms with Crippen molar-refractivity contribution in [2.24, 2.45) is 0 Å². The normalized spacial score (nSPS) is 22.1. The van der Waals surface area contributed by atoms with Gasteiger partial charge in [-0.15, -0.1) is 0 Å². The molecule has 1 atom stereocenters. The van der Waals surface area contributed by atoms with Crippen LogP contribution in [0.5, 0.6) is 0 Å². The Morgan fingerprint density at radius 3 is 2.59 bits per heavy atom. The Morgan fingerprint density at radius 1 is 1.47 bits per heavy atom. The van der Waals surface area contributed by atoms with E-state index in [2.05, 4.69) is 6.07 Å². The fraction of sp³-hybridized carbons (Fsp3) is 0.833. The minimum absolute atomic E-state index is 0.0898. The molecule has 0 bridgehead atoms. The van der Waals surface area contributed by atoms with Crippen molar-refractivity contribution in [3.8, 4) is 6.07 Å². The topological polar surface area (TPSA) is 56.6 Å². The number of rotatable bonds is 1. The molecule has 96 valence electrons. The van der Waals surface area contributed by atoms with Crippen molar-refractivity contribution < 1.29 is 9.53 Å². The van der Waals surface area contributed by atoms with Crippen LogP contribution in [-0.4, -0.2) is 53.7 Å². The first-order chi connectivity index (χ1) is 7.83. The summed E-state index contributed by atoms with van der Waals surface area (Å²) < 4.78 is 5.35. The van der Waals surface area contributed by atoms with Crippen molar-refractivity contribution in [3.63, 3.8) is 0 Å². The molecule has 0 spiro atoms. The van der Waals surface area contributed by atoms with Gasteiger partial charge in [0.05, 0.1) is 12.6 Å². The Bertz CT molecular complexity index is 317. The molecule has 1 amide bonds. The standard InChI is InChI=1S/C12H21N3O2/c1-10-9-14(6-5-13)7-8-15(10)11(16)17-12(2,3)4/h10H,6-9H2,1-4H3. The lowest BCUT2D eigenvalue weighted by Gasteiger charge is -2.39. The first-order valence-electron chi connectivity index (χ1n) is 5.92. The maximum atomic E-state index is 11.9. The van der Waals surface area contributed by atoms with Crippen molar-refractivity contribution in [3.05, 3.63) is 0 Å². The van der Waals surface area contributed by atoms with Crippen molar-refractivity contribution in [2.45, 2.75) is 39.3 Å². The summed E-state index contributed by atoms with van der Waals surface area (Å²) >= 11 is 0. The molecule has 17 heavy (non-hydrogen) atoms. The van der Waals surface area contributed by atoms with Gasteiger partial charge in [-0.2, -0.15) is 5.26 Å². The highest BCUT2D eigenvalue weighted by Gasteiger charge is 2.30. The summed E-state index contributed by atoms with van der Waals surface area (Å²) in [6.07, 6.45) is -0.262. The van der Waals surface area contributed by atoms with Gasteiger partial charge < -0.3 is 9.64 Å². The van der Waals surface area contributed by atoms with Gasteiger partial charge in [-0.3, -0.25) is 4.90 Å². The molecule has 1 saturated heterocycles. The van der Waals surface area contributed by atoms with Crippen LogP contribution in [0.3, 0.4) is 0 Å². The predicted octanol–water partition coefficient (Wildman–Crippen LogP) is 1.45. The van der Waals surface area contributed by atoms with Crippen LogP contribution in [0.2, 0.25) is 0 Å². The molecular formula is C12H21N3O2. The number of hydrogen-bond donors (Lipinski definition) is 0. The van der Waals surface area contributed by atoms with Crippen LogP contribution in [0.15, 0.2) is 0 Å². The molecule has 1 aliphatic heterocycles. The molecule has 1 rings (SSSR count). The van der Waals surface area contributed by atoms with Gasteiger partial charge in [-0.1, -0.05) is 0 Å². The van der Waals surface area contributed by atoms with E-state index in [0.717, 1.165) is 13.1 Å². The van der Waals surface area contributed by atoms with Crippen LogP contribution in [-0.2, 0) is 4.74 Å². The number of piperazine rings is 1. The molecule has 5 heteroatoms. The quantitative estimate of drug-likeness (QED) is 0.650. The zero-order valence-electron chi connectivity index (χ0n) is 11.1. The van der Waals surface area contributed by atoms with E-state index in [1.165, 1.54) is 0 Å². The molecule has 1 fully saturated rings. The van der Waals surface area contributed by atoms with Gasteiger partial charge in [0.25, 0.3) is 0 Å². The average Bonchev–Trinajstić information content (AvgIpc) is 2.15. The molecule has 0 N–H and O–H groups in total. The Labute approximate surface area is 103 Å². The van der Waals surface area contributed by atoms with Gasteiger partial charge in [0, 0.05) is 25.7 Å². The van der Waals surface area contributed by atoms with Crippen LogP contribution in [0, 0.1) is 11.3 Å². The van der Waals surface area contributed by atoms with Gasteiger partial charge >= 0.3 is 6.09 Å². The molecule has 1 aliphatic rings. The summed E-state index contributed by atoms with van der Waals surface area (Å²) in [6, 6.07) is 2.22. The number of nitriles is 1. The van der Waals surface area contributed by atoms with E-state index in [4.69, 9.17) is 10.00 Å². The Morgan fingerprint density at radius 2 is 2.12 bits per heavy atom. The zero-order valence-corrected chi connectivity index (χ0v) is 11.1. The van der Waals surface area contributed by atoms with E-state index in [1.807, 2.05) is 32.6 Å². The number of carbonyl (C=O) groups excluding carboxylic acids is 1. The predicted molar refractivity (Wildman–Crippen MR) is 64.5 cm³/mol. The molecule has 5 nitrogen and oxygen atoms in total. The van der Waals surface area contributed by atoms with E-state index < -0.39 is 5.60 Å². The van der Waals surface area contributed by atoms with Crippen LogP contribution >= 0.6 is 0 Å². The maximum Gasteiger partial charge on any atom is 0.410 e. The van der Waals surface area contributed by atoms with E-state index in [-0.39, 0.29) is 12.1 Å². The number of nitrogens with zero attached hydrogens (tertiary/aromatic N) is 3. The van der Waals surface area contributed by atoms with Gasteiger partial charge in [0.2, 0.25) is 0 Å². The number of hydrogen-bond acceptors (Lipinski definition) is 4. The minimum Gasteiger partial charge on any atom is -0.444 e. The van der Waals surface area contributed by atoms with E-state index in [9.17, 15) is 4.79 Å². The summed E-state index contributed by atoms with van der Waals surface area (Å²) in [5.41, 5.74) is -0.458. The van der Waals surface area contributed by atoms with Crippen LogP contribution in [0.25, 0.3) is 0 Å². The van der Waals surface area contributed by atoms with Crippen LogP contribution < -0.4 is 0 Å². The fourth-order valence-corrected chi connectivity index (χ4v) is 1.87. The number of carbonyl (C=O) groups is 1. The summed E-state index contributed by atoms with van der Waals surface area (Å²) in [4.78, 5) is 15.7. The monoisotopic (exact) mass is 239 g/mol. The highest BCUT2D eigenvalue weighted by molar-refractivity contribution is 5.68. The second-order valence-electron chi connectivity index (χ2n) is 5.42. The summed E-state index contributed by atoms with van der Waals surface area (Å²) in [5.74, 6) is 0. The molecule has 0 aromatic rings. The summed E-state index contributed by atoms with van der Waals surface area (Å²) in [7, 11) is 0. The Balaban J connectivity index is 2.52. The highest BCUT2D eigenvalue weighted by atomic mass is 16.6. The molecule has 0 aromatic carbocycles. The lowest BCUT2D eigenvalue weighted by atomic mass is 10.2. The fourth-order valence-electron chi connectivity index (χ4n) is 1.87. The molecule has 1 heterocycles. The minimum atomic E-state index is -0.458. The lowest BCUT2D eigenvalue weighted by Crippen LogP contribution is -2.54. The van der Waals surface area contributed by atoms with Gasteiger partial charge in [-0.25, -0.2) is 4.79 Å². The molecule has 1 unspecified atom stereocenters. The van der Waals surface area contributed by atoms with Crippen molar-refractivity contribution >= 4 is 6.09 Å². The second kappa shape index (κ2) is 5.37. The third-order valence-electron chi connectivity index (χ3n) is 2.63. The first kappa shape index (κ1) is 13.8. The second-order valence-corrected chi connectivity index (χ2v) is 5.42. The third kappa shape index (κ3) is 4.23. The lowest BCUT2D eigenvalue weighted by molar-refractivity contribution is 0.00295. The maximum absolute atomic E-state index is 11.9. The van der Waals surface area contributed by atoms with Gasteiger partial charge in [0.15, 0.2) is 0 Å². The molecule has 0 radical (unpaired) electrons. The smallest absolute Gasteiger partial charge is 0.410 e. The Kier molecular flexibility index (Phi) is 4.35. The van der Waals surface area contributed by atoms with Crippen molar-refractivity contribution in [1.82, 2.24) is 9.80 Å². The van der Waals surface area contributed by atoms with E-state index in [1.54, 1.807) is 4.90 Å². The third-order valence-corrected chi connectivity index (χ3v) is 2.63. The SMILES string of the molecule is CC1CN(CC#N)CCN1C(=O)OC(C)(C)C. The van der Waals surface area contributed by atoms with Crippen molar-refractivity contribution in [2.75, 3.05) is 26.2 Å². The molecule has 0 aromatic heterocycles. The van der Waals surface area contributed by atoms with Gasteiger partial charge in [-0.05, 0) is 27.7 Å².